The quantitative estimate of drug-likeness (QED) is 0.836. The molecule has 0 aliphatic rings. The van der Waals surface area contributed by atoms with Crippen LogP contribution in [0.2, 0.25) is 5.02 Å². The van der Waals surface area contributed by atoms with Crippen molar-refractivity contribution >= 4 is 11.6 Å². The van der Waals surface area contributed by atoms with Gasteiger partial charge in [0.15, 0.2) is 0 Å². The molecule has 1 nitrogen and oxygen atoms in total. The summed E-state index contributed by atoms with van der Waals surface area (Å²) in [6.07, 6.45) is 2.71. The van der Waals surface area contributed by atoms with E-state index in [1.54, 1.807) is 12.1 Å². The lowest BCUT2D eigenvalue weighted by atomic mass is 10.0. The van der Waals surface area contributed by atoms with Crippen LogP contribution in [0.5, 0.6) is 0 Å². The van der Waals surface area contributed by atoms with Gasteiger partial charge >= 0.3 is 0 Å². The van der Waals surface area contributed by atoms with Crippen LogP contribution >= 0.6 is 11.6 Å². The van der Waals surface area contributed by atoms with Crippen molar-refractivity contribution in [3.8, 4) is 0 Å². The van der Waals surface area contributed by atoms with Crippen molar-refractivity contribution in [2.75, 3.05) is 0 Å². The SMILES string of the molecule is OC(CCCc1ccccc1)Cc1ccc(F)c(Cl)c1. The molecule has 1 unspecified atom stereocenters. The second kappa shape index (κ2) is 7.41. The van der Waals surface area contributed by atoms with Crippen molar-refractivity contribution in [1.29, 1.82) is 0 Å². The Labute approximate surface area is 124 Å². The number of aliphatic hydroxyl groups excluding tert-OH is 1. The molecule has 20 heavy (non-hydrogen) atoms. The van der Waals surface area contributed by atoms with Crippen LogP contribution in [-0.2, 0) is 12.8 Å². The molecule has 2 aromatic carbocycles. The van der Waals surface area contributed by atoms with Gasteiger partial charge in [-0.3, -0.25) is 0 Å². The van der Waals surface area contributed by atoms with Crippen molar-refractivity contribution in [3.05, 3.63) is 70.5 Å². The minimum atomic E-state index is -0.422. The van der Waals surface area contributed by atoms with E-state index in [1.807, 2.05) is 18.2 Å². The van der Waals surface area contributed by atoms with Crippen molar-refractivity contribution in [1.82, 2.24) is 0 Å². The fourth-order valence-electron chi connectivity index (χ4n) is 2.23. The van der Waals surface area contributed by atoms with Crippen LogP contribution < -0.4 is 0 Å². The second-order valence-corrected chi connectivity index (χ2v) is 5.39. The molecule has 0 heterocycles. The summed E-state index contributed by atoms with van der Waals surface area (Å²) in [5.74, 6) is -0.422. The zero-order chi connectivity index (χ0) is 14.4. The molecule has 0 fully saturated rings. The Morgan fingerprint density at radius 2 is 1.80 bits per heavy atom. The predicted octanol–water partition coefficient (Wildman–Crippen LogP) is 4.41. The summed E-state index contributed by atoms with van der Waals surface area (Å²) in [7, 11) is 0. The Hall–Kier alpha value is -1.38. The van der Waals surface area contributed by atoms with Gasteiger partial charge in [0.2, 0.25) is 0 Å². The molecular formula is C17H18ClFO. The minimum Gasteiger partial charge on any atom is -0.393 e. The highest BCUT2D eigenvalue weighted by atomic mass is 35.5. The molecule has 0 saturated carbocycles. The lowest BCUT2D eigenvalue weighted by molar-refractivity contribution is 0.162. The predicted molar refractivity (Wildman–Crippen MR) is 80.5 cm³/mol. The Balaban J connectivity index is 1.77. The van der Waals surface area contributed by atoms with Crippen LogP contribution in [0.3, 0.4) is 0 Å². The van der Waals surface area contributed by atoms with Gasteiger partial charge in [-0.15, -0.1) is 0 Å². The summed E-state index contributed by atoms with van der Waals surface area (Å²) in [4.78, 5) is 0. The maximum Gasteiger partial charge on any atom is 0.141 e. The number of hydrogen-bond acceptors (Lipinski definition) is 1. The van der Waals surface area contributed by atoms with E-state index in [1.165, 1.54) is 11.6 Å². The van der Waals surface area contributed by atoms with Gasteiger partial charge in [-0.05, 0) is 48.9 Å². The molecule has 1 N–H and O–H groups in total. The van der Waals surface area contributed by atoms with Gasteiger partial charge in [-0.1, -0.05) is 48.0 Å². The summed E-state index contributed by atoms with van der Waals surface area (Å²) in [5.41, 5.74) is 2.15. The Morgan fingerprint density at radius 3 is 2.50 bits per heavy atom. The molecule has 0 bridgehead atoms. The van der Waals surface area contributed by atoms with E-state index in [2.05, 4.69) is 12.1 Å². The second-order valence-electron chi connectivity index (χ2n) is 4.98. The molecule has 0 aliphatic heterocycles. The Morgan fingerprint density at radius 1 is 1.05 bits per heavy atom. The Kier molecular flexibility index (Phi) is 5.57. The largest absolute Gasteiger partial charge is 0.393 e. The van der Waals surface area contributed by atoms with Gasteiger partial charge in [0, 0.05) is 0 Å². The van der Waals surface area contributed by atoms with Crippen molar-refractivity contribution in [3.63, 3.8) is 0 Å². The summed E-state index contributed by atoms with van der Waals surface area (Å²) < 4.78 is 13.0. The number of halogens is 2. The number of aliphatic hydroxyl groups is 1. The lowest BCUT2D eigenvalue weighted by Gasteiger charge is -2.11. The molecule has 0 aliphatic carbocycles. The van der Waals surface area contributed by atoms with Crippen LogP contribution in [0.1, 0.15) is 24.0 Å². The maximum atomic E-state index is 13.0. The van der Waals surface area contributed by atoms with Crippen molar-refractivity contribution in [2.45, 2.75) is 31.8 Å². The smallest absolute Gasteiger partial charge is 0.141 e. The van der Waals surface area contributed by atoms with E-state index < -0.39 is 11.9 Å². The molecule has 0 aromatic heterocycles. The number of hydrogen-bond donors (Lipinski definition) is 1. The van der Waals surface area contributed by atoms with E-state index in [9.17, 15) is 9.50 Å². The normalized spacial score (nSPS) is 12.3. The van der Waals surface area contributed by atoms with E-state index in [0.717, 1.165) is 24.8 Å². The van der Waals surface area contributed by atoms with E-state index in [4.69, 9.17) is 11.6 Å². The van der Waals surface area contributed by atoms with Crippen LogP contribution in [0, 0.1) is 5.82 Å². The first-order valence-corrected chi connectivity index (χ1v) is 7.19. The Bertz CT molecular complexity index is 542. The highest BCUT2D eigenvalue weighted by molar-refractivity contribution is 6.30. The minimum absolute atomic E-state index is 0.110. The summed E-state index contributed by atoms with van der Waals surface area (Å²) in [6.45, 7) is 0. The highest BCUT2D eigenvalue weighted by Crippen LogP contribution is 2.18. The molecule has 0 saturated heterocycles. The average Bonchev–Trinajstić information content (AvgIpc) is 2.44. The zero-order valence-corrected chi connectivity index (χ0v) is 12.0. The highest BCUT2D eigenvalue weighted by Gasteiger charge is 2.08. The third-order valence-corrected chi connectivity index (χ3v) is 3.59. The number of rotatable bonds is 6. The number of benzene rings is 2. The van der Waals surface area contributed by atoms with Gasteiger partial charge in [0.25, 0.3) is 0 Å². The van der Waals surface area contributed by atoms with Crippen LogP contribution in [0.15, 0.2) is 48.5 Å². The van der Waals surface area contributed by atoms with Crippen LogP contribution in [-0.4, -0.2) is 11.2 Å². The third kappa shape index (κ3) is 4.62. The fourth-order valence-corrected chi connectivity index (χ4v) is 2.43. The van der Waals surface area contributed by atoms with Crippen molar-refractivity contribution < 1.29 is 9.50 Å². The van der Waals surface area contributed by atoms with Crippen molar-refractivity contribution in [2.24, 2.45) is 0 Å². The topological polar surface area (TPSA) is 20.2 Å². The lowest BCUT2D eigenvalue weighted by Crippen LogP contribution is -2.10. The maximum absolute atomic E-state index is 13.0. The average molecular weight is 293 g/mol. The molecule has 2 rings (SSSR count). The van der Waals surface area contributed by atoms with Gasteiger partial charge in [-0.25, -0.2) is 4.39 Å². The monoisotopic (exact) mass is 292 g/mol. The van der Waals surface area contributed by atoms with Gasteiger partial charge in [0.1, 0.15) is 5.82 Å². The first kappa shape index (κ1) is 15.0. The summed E-state index contributed by atoms with van der Waals surface area (Å²) in [5, 5.41) is 10.1. The van der Waals surface area contributed by atoms with Crippen LogP contribution in [0.25, 0.3) is 0 Å². The third-order valence-electron chi connectivity index (χ3n) is 3.30. The molecule has 106 valence electrons. The molecule has 2 aromatic rings. The molecule has 0 amide bonds. The fraction of sp³-hybridized carbons (Fsp3) is 0.294. The molecule has 3 heteroatoms. The molecular weight excluding hydrogens is 275 g/mol. The summed E-state index contributed by atoms with van der Waals surface area (Å²) >= 11 is 5.73. The van der Waals surface area contributed by atoms with E-state index in [0.29, 0.717) is 6.42 Å². The first-order chi connectivity index (χ1) is 9.65. The molecule has 0 spiro atoms. The van der Waals surface area contributed by atoms with Gasteiger partial charge in [-0.2, -0.15) is 0 Å². The van der Waals surface area contributed by atoms with Gasteiger partial charge < -0.3 is 5.11 Å². The standard InChI is InChI=1S/C17H18ClFO/c18-16-12-14(9-10-17(16)19)11-15(20)8-4-7-13-5-2-1-3-6-13/h1-3,5-6,9-10,12,15,20H,4,7-8,11H2. The number of aryl methyl sites for hydroxylation is 1. The first-order valence-electron chi connectivity index (χ1n) is 6.81. The van der Waals surface area contributed by atoms with E-state index >= 15 is 0 Å². The zero-order valence-electron chi connectivity index (χ0n) is 11.2. The summed E-state index contributed by atoms with van der Waals surface area (Å²) in [6, 6.07) is 14.8. The van der Waals surface area contributed by atoms with Crippen LogP contribution in [0.4, 0.5) is 4.39 Å². The molecule has 0 radical (unpaired) electrons. The van der Waals surface area contributed by atoms with E-state index in [-0.39, 0.29) is 5.02 Å². The van der Waals surface area contributed by atoms with Gasteiger partial charge in [0.05, 0.1) is 11.1 Å². The molecule has 1 atom stereocenters.